The van der Waals surface area contributed by atoms with Crippen molar-refractivity contribution in [3.63, 3.8) is 0 Å². The maximum absolute atomic E-state index is 6.11. The van der Waals surface area contributed by atoms with E-state index in [1.807, 2.05) is 30.6 Å². The highest BCUT2D eigenvalue weighted by atomic mass is 35.5. The van der Waals surface area contributed by atoms with Crippen LogP contribution in [-0.4, -0.2) is 27.5 Å². The van der Waals surface area contributed by atoms with Crippen molar-refractivity contribution in [2.75, 3.05) is 13.1 Å². The molecule has 2 aromatic carbocycles. The first-order chi connectivity index (χ1) is 11.7. The zero-order valence-corrected chi connectivity index (χ0v) is 14.3. The van der Waals surface area contributed by atoms with Crippen LogP contribution >= 0.6 is 11.6 Å². The molecule has 0 N–H and O–H groups in total. The molecule has 1 aliphatic heterocycles. The lowest BCUT2D eigenvalue weighted by Gasteiger charge is -2.30. The van der Waals surface area contributed by atoms with Gasteiger partial charge in [0, 0.05) is 29.5 Å². The lowest BCUT2D eigenvalue weighted by molar-refractivity contribution is 0.326. The fourth-order valence-electron chi connectivity index (χ4n) is 3.37. The van der Waals surface area contributed by atoms with E-state index in [2.05, 4.69) is 39.2 Å². The van der Waals surface area contributed by atoms with Gasteiger partial charge >= 0.3 is 0 Å². The molecule has 122 valence electrons. The van der Waals surface area contributed by atoms with Crippen molar-refractivity contribution in [2.24, 2.45) is 0 Å². The second kappa shape index (κ2) is 6.33. The van der Waals surface area contributed by atoms with Gasteiger partial charge in [-0.1, -0.05) is 30.3 Å². The number of imidazole rings is 1. The summed E-state index contributed by atoms with van der Waals surface area (Å²) in [6, 6.07) is 14.2. The van der Waals surface area contributed by atoms with E-state index in [1.165, 1.54) is 19.3 Å². The SMILES string of the molecule is C=C(c1ccc2c(c1)ncn2-c1cccc(Cl)c1)N1CCCCC1. The van der Waals surface area contributed by atoms with Crippen LogP contribution in [0.1, 0.15) is 24.8 Å². The molecule has 0 amide bonds. The molecule has 3 aromatic rings. The van der Waals surface area contributed by atoms with Crippen LogP contribution in [0, 0.1) is 0 Å². The van der Waals surface area contributed by atoms with Crippen LogP contribution in [0.2, 0.25) is 5.02 Å². The number of halogens is 1. The summed E-state index contributed by atoms with van der Waals surface area (Å²) < 4.78 is 2.06. The molecule has 24 heavy (non-hydrogen) atoms. The molecule has 4 rings (SSSR count). The second-order valence-electron chi connectivity index (χ2n) is 6.29. The molecule has 0 bridgehead atoms. The van der Waals surface area contributed by atoms with Crippen LogP contribution in [0.4, 0.5) is 0 Å². The third kappa shape index (κ3) is 2.80. The van der Waals surface area contributed by atoms with Gasteiger partial charge in [0.05, 0.1) is 11.0 Å². The molecule has 0 aliphatic carbocycles. The molecule has 1 aliphatic rings. The van der Waals surface area contributed by atoms with Gasteiger partial charge in [-0.2, -0.15) is 0 Å². The van der Waals surface area contributed by atoms with E-state index < -0.39 is 0 Å². The molecule has 0 saturated carbocycles. The van der Waals surface area contributed by atoms with E-state index in [0.717, 1.165) is 46.1 Å². The Morgan fingerprint density at radius 3 is 2.67 bits per heavy atom. The van der Waals surface area contributed by atoms with Crippen molar-refractivity contribution in [3.05, 3.63) is 66.0 Å². The van der Waals surface area contributed by atoms with Crippen LogP contribution in [0.25, 0.3) is 22.4 Å². The molecule has 4 heteroatoms. The Morgan fingerprint density at radius 1 is 1.04 bits per heavy atom. The van der Waals surface area contributed by atoms with Gasteiger partial charge in [0.25, 0.3) is 0 Å². The highest BCUT2D eigenvalue weighted by Crippen LogP contribution is 2.26. The highest BCUT2D eigenvalue weighted by molar-refractivity contribution is 6.30. The normalized spacial score (nSPS) is 15.0. The largest absolute Gasteiger partial charge is 0.372 e. The number of nitrogens with zero attached hydrogens (tertiary/aromatic N) is 3. The quantitative estimate of drug-likeness (QED) is 0.660. The van der Waals surface area contributed by atoms with Crippen molar-refractivity contribution in [1.82, 2.24) is 14.5 Å². The molecular weight excluding hydrogens is 318 g/mol. The molecule has 0 atom stereocenters. The molecule has 0 unspecified atom stereocenters. The Hall–Kier alpha value is -2.26. The predicted octanol–water partition coefficient (Wildman–Crippen LogP) is 5.14. The molecule has 1 aromatic heterocycles. The Balaban J connectivity index is 1.69. The van der Waals surface area contributed by atoms with Crippen LogP contribution < -0.4 is 0 Å². The fourth-order valence-corrected chi connectivity index (χ4v) is 3.55. The van der Waals surface area contributed by atoms with Crippen molar-refractivity contribution >= 4 is 28.3 Å². The summed E-state index contributed by atoms with van der Waals surface area (Å²) in [5.74, 6) is 0. The third-order valence-corrected chi connectivity index (χ3v) is 4.94. The lowest BCUT2D eigenvalue weighted by Crippen LogP contribution is -2.27. The van der Waals surface area contributed by atoms with E-state index in [-0.39, 0.29) is 0 Å². The number of rotatable bonds is 3. The van der Waals surface area contributed by atoms with Gasteiger partial charge in [-0.05, 0) is 55.2 Å². The number of piperidine rings is 1. The summed E-state index contributed by atoms with van der Waals surface area (Å²) in [5, 5.41) is 0.726. The van der Waals surface area contributed by atoms with Crippen molar-refractivity contribution in [3.8, 4) is 5.69 Å². The lowest BCUT2D eigenvalue weighted by atomic mass is 10.1. The monoisotopic (exact) mass is 337 g/mol. The summed E-state index contributed by atoms with van der Waals surface area (Å²) in [5.41, 5.74) is 5.33. The molecule has 1 saturated heterocycles. The average Bonchev–Trinajstić information content (AvgIpc) is 3.05. The topological polar surface area (TPSA) is 21.1 Å². The Kier molecular flexibility index (Phi) is 4.03. The van der Waals surface area contributed by atoms with Gasteiger partial charge in [0.2, 0.25) is 0 Å². The Bertz CT molecular complexity index is 891. The van der Waals surface area contributed by atoms with Crippen LogP contribution in [0.5, 0.6) is 0 Å². The van der Waals surface area contributed by atoms with E-state index in [1.54, 1.807) is 0 Å². The minimum absolute atomic E-state index is 0.726. The van der Waals surface area contributed by atoms with Gasteiger partial charge in [0.15, 0.2) is 0 Å². The fraction of sp³-hybridized carbons (Fsp3) is 0.250. The number of benzene rings is 2. The van der Waals surface area contributed by atoms with Gasteiger partial charge in [-0.3, -0.25) is 4.57 Å². The van der Waals surface area contributed by atoms with Crippen LogP contribution in [-0.2, 0) is 0 Å². The number of likely N-dealkylation sites (tertiary alicyclic amines) is 1. The number of hydrogen-bond acceptors (Lipinski definition) is 2. The minimum Gasteiger partial charge on any atom is -0.372 e. The summed E-state index contributed by atoms with van der Waals surface area (Å²) in [6.45, 7) is 6.52. The first-order valence-electron chi connectivity index (χ1n) is 8.40. The smallest absolute Gasteiger partial charge is 0.100 e. The minimum atomic E-state index is 0.726. The van der Waals surface area contributed by atoms with E-state index in [9.17, 15) is 0 Å². The van der Waals surface area contributed by atoms with Crippen molar-refractivity contribution in [1.29, 1.82) is 0 Å². The average molecular weight is 338 g/mol. The molecule has 1 fully saturated rings. The highest BCUT2D eigenvalue weighted by Gasteiger charge is 2.14. The molecule has 3 nitrogen and oxygen atoms in total. The van der Waals surface area contributed by atoms with E-state index in [0.29, 0.717) is 0 Å². The van der Waals surface area contributed by atoms with Crippen LogP contribution in [0.15, 0.2) is 55.4 Å². The van der Waals surface area contributed by atoms with Crippen molar-refractivity contribution < 1.29 is 0 Å². The molecular formula is C20H20ClN3. The second-order valence-corrected chi connectivity index (χ2v) is 6.73. The summed E-state index contributed by atoms with van der Waals surface area (Å²) in [7, 11) is 0. The molecule has 0 spiro atoms. The third-order valence-electron chi connectivity index (χ3n) is 4.70. The van der Waals surface area contributed by atoms with E-state index >= 15 is 0 Å². The van der Waals surface area contributed by atoms with E-state index in [4.69, 9.17) is 11.6 Å². The molecule has 0 radical (unpaired) electrons. The first-order valence-corrected chi connectivity index (χ1v) is 8.77. The summed E-state index contributed by atoms with van der Waals surface area (Å²) in [6.07, 6.45) is 5.69. The number of aromatic nitrogens is 2. The maximum Gasteiger partial charge on any atom is 0.100 e. The van der Waals surface area contributed by atoms with Gasteiger partial charge in [0.1, 0.15) is 6.33 Å². The van der Waals surface area contributed by atoms with Gasteiger partial charge < -0.3 is 4.90 Å². The number of hydrogen-bond donors (Lipinski definition) is 0. The standard InChI is InChI=1S/C20H20ClN3/c1-15(23-10-3-2-4-11-23)16-8-9-20-19(12-16)22-14-24(20)18-7-5-6-17(21)13-18/h5-9,12-14H,1-4,10-11H2. The maximum atomic E-state index is 6.11. The van der Waals surface area contributed by atoms with Crippen molar-refractivity contribution in [2.45, 2.75) is 19.3 Å². The first kappa shape index (κ1) is 15.3. The number of fused-ring (bicyclic) bond motifs is 1. The summed E-state index contributed by atoms with van der Waals surface area (Å²) >= 11 is 6.11. The zero-order valence-electron chi connectivity index (χ0n) is 13.6. The molecule has 2 heterocycles. The Morgan fingerprint density at radius 2 is 1.88 bits per heavy atom. The predicted molar refractivity (Wildman–Crippen MR) is 101 cm³/mol. The zero-order chi connectivity index (χ0) is 16.5. The van der Waals surface area contributed by atoms with Crippen LogP contribution in [0.3, 0.4) is 0 Å². The van der Waals surface area contributed by atoms with Gasteiger partial charge in [-0.25, -0.2) is 4.98 Å². The summed E-state index contributed by atoms with van der Waals surface area (Å²) in [4.78, 5) is 6.96. The van der Waals surface area contributed by atoms with Gasteiger partial charge in [-0.15, -0.1) is 0 Å². The Labute approximate surface area is 147 Å².